The van der Waals surface area contributed by atoms with Crippen molar-refractivity contribution in [1.29, 1.82) is 0 Å². The zero-order chi connectivity index (χ0) is 13.1. The van der Waals surface area contributed by atoms with Gasteiger partial charge in [-0.15, -0.1) is 0 Å². The highest BCUT2D eigenvalue weighted by atomic mass is 16.7. The van der Waals surface area contributed by atoms with E-state index >= 15 is 0 Å². The van der Waals surface area contributed by atoms with Gasteiger partial charge in [0.1, 0.15) is 0 Å². The van der Waals surface area contributed by atoms with Crippen molar-refractivity contribution in [3.8, 4) is 0 Å². The number of hydrogen-bond acceptors (Lipinski definition) is 4. The summed E-state index contributed by atoms with van der Waals surface area (Å²) < 4.78 is 11.7. The minimum Gasteiger partial charge on any atom is -0.371 e. The first kappa shape index (κ1) is 12.9. The fraction of sp³-hybridized carbons (Fsp3) is 0.600. The van der Waals surface area contributed by atoms with Crippen LogP contribution in [0.3, 0.4) is 0 Å². The second-order valence-electron chi connectivity index (χ2n) is 5.32. The smallest absolute Gasteiger partial charge is 0.171 e. The van der Waals surface area contributed by atoms with E-state index in [1.54, 1.807) is 0 Å². The normalized spacial score (nSPS) is 22.7. The Hall–Kier alpha value is -1.10. The van der Waals surface area contributed by atoms with Crippen molar-refractivity contribution in [2.45, 2.75) is 31.6 Å². The molecule has 2 aliphatic heterocycles. The molecule has 4 heteroatoms. The predicted molar refractivity (Wildman–Crippen MR) is 75.0 cm³/mol. The lowest BCUT2D eigenvalue weighted by atomic mass is 10.0. The van der Waals surface area contributed by atoms with E-state index in [0.29, 0.717) is 6.54 Å². The fourth-order valence-electron chi connectivity index (χ4n) is 2.85. The topological polar surface area (TPSA) is 47.7 Å². The molecule has 0 saturated carbocycles. The van der Waals surface area contributed by atoms with Gasteiger partial charge in [0.15, 0.2) is 5.79 Å². The van der Waals surface area contributed by atoms with E-state index in [1.165, 1.54) is 11.3 Å². The molecule has 0 aromatic heterocycles. The molecule has 4 nitrogen and oxygen atoms in total. The molecule has 0 aliphatic carbocycles. The third kappa shape index (κ3) is 2.76. The summed E-state index contributed by atoms with van der Waals surface area (Å²) in [7, 11) is 0. The van der Waals surface area contributed by atoms with Crippen molar-refractivity contribution in [2.24, 2.45) is 5.73 Å². The maximum Gasteiger partial charge on any atom is 0.171 e. The largest absolute Gasteiger partial charge is 0.371 e. The number of nitrogens with zero attached hydrogens (tertiary/aromatic N) is 1. The van der Waals surface area contributed by atoms with Crippen LogP contribution in [0.25, 0.3) is 0 Å². The summed E-state index contributed by atoms with van der Waals surface area (Å²) in [6.07, 6.45) is 2.92. The Morgan fingerprint density at radius 1 is 1.05 bits per heavy atom. The highest BCUT2D eigenvalue weighted by Gasteiger charge is 2.38. The van der Waals surface area contributed by atoms with Gasteiger partial charge in [-0.2, -0.15) is 0 Å². The van der Waals surface area contributed by atoms with Crippen LogP contribution < -0.4 is 10.6 Å². The number of rotatable bonds is 2. The van der Waals surface area contributed by atoms with Crippen molar-refractivity contribution < 1.29 is 9.47 Å². The van der Waals surface area contributed by atoms with E-state index in [2.05, 4.69) is 29.2 Å². The molecule has 3 rings (SSSR count). The van der Waals surface area contributed by atoms with Crippen LogP contribution in [0.1, 0.15) is 24.8 Å². The lowest BCUT2D eigenvalue weighted by Crippen LogP contribution is -2.50. The molecular weight excluding hydrogens is 240 g/mol. The van der Waals surface area contributed by atoms with Crippen LogP contribution in [0.2, 0.25) is 0 Å². The van der Waals surface area contributed by atoms with Gasteiger partial charge in [-0.25, -0.2) is 0 Å². The molecule has 0 radical (unpaired) electrons. The molecule has 1 aromatic rings. The average molecular weight is 262 g/mol. The van der Waals surface area contributed by atoms with E-state index in [9.17, 15) is 0 Å². The highest BCUT2D eigenvalue weighted by molar-refractivity contribution is 5.48. The van der Waals surface area contributed by atoms with Crippen molar-refractivity contribution in [2.75, 3.05) is 31.2 Å². The number of anilines is 1. The van der Waals surface area contributed by atoms with Gasteiger partial charge < -0.3 is 20.1 Å². The average Bonchev–Trinajstić information content (AvgIpc) is 2.49. The number of hydrogen-bond donors (Lipinski definition) is 1. The maximum absolute atomic E-state index is 5.86. The van der Waals surface area contributed by atoms with Crippen LogP contribution in [-0.2, 0) is 16.0 Å². The standard InChI is InChI=1S/C15H22N2O2/c16-12-13-2-4-14(5-3-13)17-8-6-15(7-9-17)18-10-1-11-19-15/h2-5H,1,6-12,16H2. The molecule has 1 spiro atoms. The fourth-order valence-corrected chi connectivity index (χ4v) is 2.85. The first-order valence-electron chi connectivity index (χ1n) is 7.13. The predicted octanol–water partition coefficient (Wildman–Crippen LogP) is 1.88. The minimum atomic E-state index is -0.300. The molecule has 2 heterocycles. The summed E-state index contributed by atoms with van der Waals surface area (Å²) >= 11 is 0. The van der Waals surface area contributed by atoms with Gasteiger partial charge >= 0.3 is 0 Å². The molecule has 2 fully saturated rings. The summed E-state index contributed by atoms with van der Waals surface area (Å²) in [5.74, 6) is -0.300. The third-order valence-corrected chi connectivity index (χ3v) is 4.08. The summed E-state index contributed by atoms with van der Waals surface area (Å²) in [5, 5.41) is 0. The third-order valence-electron chi connectivity index (χ3n) is 4.08. The van der Waals surface area contributed by atoms with Crippen LogP contribution in [0, 0.1) is 0 Å². The Morgan fingerprint density at radius 2 is 1.68 bits per heavy atom. The van der Waals surface area contributed by atoms with Gasteiger partial charge in [0.2, 0.25) is 0 Å². The highest BCUT2D eigenvalue weighted by Crippen LogP contribution is 2.32. The minimum absolute atomic E-state index is 0.300. The molecule has 0 atom stereocenters. The summed E-state index contributed by atoms with van der Waals surface area (Å²) in [4.78, 5) is 2.40. The van der Waals surface area contributed by atoms with Crippen LogP contribution in [0.4, 0.5) is 5.69 Å². The van der Waals surface area contributed by atoms with Gasteiger partial charge in [0, 0.05) is 38.2 Å². The molecule has 2 saturated heterocycles. The summed E-state index contributed by atoms with van der Waals surface area (Å²) in [6.45, 7) is 4.26. The van der Waals surface area contributed by atoms with E-state index in [4.69, 9.17) is 15.2 Å². The molecule has 2 N–H and O–H groups in total. The Kier molecular flexibility index (Phi) is 3.73. The molecule has 0 bridgehead atoms. The lowest BCUT2D eigenvalue weighted by molar-refractivity contribution is -0.275. The first-order valence-corrected chi connectivity index (χ1v) is 7.13. The molecule has 1 aromatic carbocycles. The molecular formula is C15H22N2O2. The van der Waals surface area contributed by atoms with Crippen LogP contribution in [0.15, 0.2) is 24.3 Å². The number of ether oxygens (including phenoxy) is 2. The number of benzene rings is 1. The van der Waals surface area contributed by atoms with Crippen molar-refractivity contribution in [3.05, 3.63) is 29.8 Å². The molecule has 104 valence electrons. The first-order chi connectivity index (χ1) is 9.31. The molecule has 19 heavy (non-hydrogen) atoms. The van der Waals surface area contributed by atoms with Gasteiger partial charge in [-0.05, 0) is 24.1 Å². The second-order valence-corrected chi connectivity index (χ2v) is 5.32. The van der Waals surface area contributed by atoms with E-state index in [0.717, 1.165) is 45.6 Å². The quantitative estimate of drug-likeness (QED) is 0.884. The SMILES string of the molecule is NCc1ccc(N2CCC3(CC2)OCCCO3)cc1. The Morgan fingerprint density at radius 3 is 2.26 bits per heavy atom. The maximum atomic E-state index is 5.86. The van der Waals surface area contributed by atoms with Gasteiger partial charge in [-0.1, -0.05) is 12.1 Å². The van der Waals surface area contributed by atoms with Crippen LogP contribution in [-0.4, -0.2) is 32.1 Å². The Balaban J connectivity index is 1.62. The van der Waals surface area contributed by atoms with Crippen molar-refractivity contribution >= 4 is 5.69 Å². The van der Waals surface area contributed by atoms with E-state index in [-0.39, 0.29) is 5.79 Å². The number of piperidine rings is 1. The number of nitrogens with two attached hydrogens (primary N) is 1. The van der Waals surface area contributed by atoms with E-state index in [1.807, 2.05) is 0 Å². The van der Waals surface area contributed by atoms with Gasteiger partial charge in [-0.3, -0.25) is 0 Å². The second kappa shape index (κ2) is 5.49. The summed E-state index contributed by atoms with van der Waals surface area (Å²) in [6, 6.07) is 8.52. The zero-order valence-corrected chi connectivity index (χ0v) is 11.3. The Labute approximate surface area is 114 Å². The van der Waals surface area contributed by atoms with E-state index < -0.39 is 0 Å². The van der Waals surface area contributed by atoms with Crippen LogP contribution in [0.5, 0.6) is 0 Å². The van der Waals surface area contributed by atoms with Crippen molar-refractivity contribution in [1.82, 2.24) is 0 Å². The lowest BCUT2D eigenvalue weighted by Gasteiger charge is -2.44. The van der Waals surface area contributed by atoms with Crippen molar-refractivity contribution in [3.63, 3.8) is 0 Å². The molecule has 2 aliphatic rings. The molecule has 0 unspecified atom stereocenters. The van der Waals surface area contributed by atoms with Gasteiger partial charge in [0.05, 0.1) is 13.2 Å². The molecule has 0 amide bonds. The van der Waals surface area contributed by atoms with Gasteiger partial charge in [0.25, 0.3) is 0 Å². The monoisotopic (exact) mass is 262 g/mol. The Bertz CT molecular complexity index is 403. The van der Waals surface area contributed by atoms with Crippen LogP contribution >= 0.6 is 0 Å². The summed E-state index contributed by atoms with van der Waals surface area (Å²) in [5.41, 5.74) is 8.07. The zero-order valence-electron chi connectivity index (χ0n) is 11.3.